The summed E-state index contributed by atoms with van der Waals surface area (Å²) < 4.78 is 6.61. The van der Waals surface area contributed by atoms with Crippen LogP contribution < -0.4 is 15.8 Å². The van der Waals surface area contributed by atoms with Crippen molar-refractivity contribution < 1.29 is 9.53 Å². The number of carbonyl (C=O) groups is 1. The lowest BCUT2D eigenvalue weighted by Crippen LogP contribution is -2.45. The fourth-order valence-corrected chi connectivity index (χ4v) is 3.11. The Morgan fingerprint density at radius 3 is 2.67 bits per heavy atom. The number of hydrogen-bond acceptors (Lipinski definition) is 3. The Kier molecular flexibility index (Phi) is 5.65. The van der Waals surface area contributed by atoms with Crippen molar-refractivity contribution in [1.82, 2.24) is 5.32 Å². The molecule has 1 amide bonds. The van der Waals surface area contributed by atoms with Crippen LogP contribution in [0, 0.1) is 6.92 Å². The molecule has 116 valence electrons. The summed E-state index contributed by atoms with van der Waals surface area (Å²) in [5.41, 5.74) is 7.02. The van der Waals surface area contributed by atoms with Crippen LogP contribution in [-0.4, -0.2) is 24.1 Å². The molecule has 0 saturated heterocycles. The van der Waals surface area contributed by atoms with E-state index in [1.54, 1.807) is 6.92 Å². The van der Waals surface area contributed by atoms with Gasteiger partial charge in [0.05, 0.1) is 4.47 Å². The number of hydrogen-bond donors (Lipinski definition) is 2. The number of benzene rings is 1. The molecule has 1 unspecified atom stereocenters. The Balaban J connectivity index is 1.87. The minimum Gasteiger partial charge on any atom is -0.480 e. The van der Waals surface area contributed by atoms with Gasteiger partial charge in [-0.25, -0.2) is 0 Å². The van der Waals surface area contributed by atoms with Crippen LogP contribution in [0.1, 0.15) is 38.2 Å². The van der Waals surface area contributed by atoms with Crippen molar-refractivity contribution in [1.29, 1.82) is 0 Å². The van der Waals surface area contributed by atoms with Crippen molar-refractivity contribution in [2.75, 3.05) is 0 Å². The Labute approximate surface area is 134 Å². The van der Waals surface area contributed by atoms with Crippen molar-refractivity contribution in [3.63, 3.8) is 0 Å². The molecule has 0 heterocycles. The lowest BCUT2D eigenvalue weighted by Gasteiger charge is -2.28. The second-order valence-electron chi connectivity index (χ2n) is 5.81. The molecule has 1 atom stereocenters. The molecule has 21 heavy (non-hydrogen) atoms. The zero-order valence-corrected chi connectivity index (χ0v) is 14.2. The van der Waals surface area contributed by atoms with Gasteiger partial charge in [-0.1, -0.05) is 6.07 Å². The molecule has 5 heteroatoms. The van der Waals surface area contributed by atoms with Crippen LogP contribution in [0.3, 0.4) is 0 Å². The third-order valence-electron chi connectivity index (χ3n) is 3.88. The Bertz CT molecular complexity index is 499. The lowest BCUT2D eigenvalue weighted by atomic mass is 9.92. The van der Waals surface area contributed by atoms with Crippen LogP contribution in [0.2, 0.25) is 0 Å². The van der Waals surface area contributed by atoms with Crippen LogP contribution in [-0.2, 0) is 4.79 Å². The molecule has 0 aliphatic heterocycles. The normalized spacial score (nSPS) is 23.4. The molecule has 1 aliphatic rings. The maximum atomic E-state index is 12.2. The summed E-state index contributed by atoms with van der Waals surface area (Å²) in [6.07, 6.45) is 3.34. The maximum Gasteiger partial charge on any atom is 0.260 e. The molecular formula is C16H23BrN2O2. The molecule has 1 aliphatic carbocycles. The monoisotopic (exact) mass is 354 g/mol. The van der Waals surface area contributed by atoms with E-state index in [-0.39, 0.29) is 18.0 Å². The van der Waals surface area contributed by atoms with Crippen molar-refractivity contribution in [3.05, 3.63) is 28.2 Å². The van der Waals surface area contributed by atoms with Gasteiger partial charge in [0.2, 0.25) is 0 Å². The number of carbonyl (C=O) groups excluding carboxylic acids is 1. The molecule has 1 aromatic carbocycles. The number of halogens is 1. The van der Waals surface area contributed by atoms with Crippen LogP contribution in [0.25, 0.3) is 0 Å². The van der Waals surface area contributed by atoms with E-state index in [9.17, 15) is 4.79 Å². The number of nitrogens with two attached hydrogens (primary N) is 1. The third kappa shape index (κ3) is 4.71. The lowest BCUT2D eigenvalue weighted by molar-refractivity contribution is -0.128. The summed E-state index contributed by atoms with van der Waals surface area (Å²) in [6, 6.07) is 6.33. The highest BCUT2D eigenvalue weighted by Crippen LogP contribution is 2.26. The standard InChI is InChI=1S/C16H23BrN2O2/c1-10-3-8-15(14(17)9-10)21-11(2)16(20)19-13-6-4-12(18)5-7-13/h3,8-9,11-13H,4-7,18H2,1-2H3,(H,19,20). The first-order valence-corrected chi connectivity index (χ1v) is 8.23. The molecule has 0 aromatic heterocycles. The second-order valence-corrected chi connectivity index (χ2v) is 6.67. The largest absolute Gasteiger partial charge is 0.480 e. The van der Waals surface area contributed by atoms with E-state index in [4.69, 9.17) is 10.5 Å². The van der Waals surface area contributed by atoms with Crippen molar-refractivity contribution in [2.45, 2.75) is 57.7 Å². The molecule has 0 bridgehead atoms. The van der Waals surface area contributed by atoms with Gasteiger partial charge >= 0.3 is 0 Å². The Hall–Kier alpha value is -1.07. The SMILES string of the molecule is Cc1ccc(OC(C)C(=O)NC2CCC(N)CC2)c(Br)c1. The number of nitrogens with one attached hydrogen (secondary N) is 1. The first-order valence-electron chi connectivity index (χ1n) is 7.44. The molecular weight excluding hydrogens is 332 g/mol. The molecule has 3 N–H and O–H groups in total. The number of aryl methyl sites for hydroxylation is 1. The first kappa shape index (κ1) is 16.3. The van der Waals surface area contributed by atoms with E-state index in [0.717, 1.165) is 35.7 Å². The fourth-order valence-electron chi connectivity index (χ4n) is 2.53. The minimum atomic E-state index is -0.514. The van der Waals surface area contributed by atoms with Crippen LogP contribution in [0.5, 0.6) is 5.75 Å². The first-order chi connectivity index (χ1) is 9.95. The zero-order chi connectivity index (χ0) is 15.4. The second kappa shape index (κ2) is 7.27. The summed E-state index contributed by atoms with van der Waals surface area (Å²) in [5, 5.41) is 3.06. The van der Waals surface area contributed by atoms with Crippen molar-refractivity contribution in [3.8, 4) is 5.75 Å². The van der Waals surface area contributed by atoms with Crippen molar-refractivity contribution in [2.24, 2.45) is 5.73 Å². The molecule has 2 rings (SSSR count). The Morgan fingerprint density at radius 1 is 1.38 bits per heavy atom. The fraction of sp³-hybridized carbons (Fsp3) is 0.562. The smallest absolute Gasteiger partial charge is 0.260 e. The molecule has 1 saturated carbocycles. The van der Waals surface area contributed by atoms with Crippen LogP contribution in [0.4, 0.5) is 0 Å². The van der Waals surface area contributed by atoms with E-state index in [1.165, 1.54) is 0 Å². The van der Waals surface area contributed by atoms with Gasteiger partial charge in [-0.3, -0.25) is 4.79 Å². The predicted molar refractivity (Wildman–Crippen MR) is 87.3 cm³/mol. The van der Waals surface area contributed by atoms with Gasteiger partial charge in [-0.15, -0.1) is 0 Å². The molecule has 4 nitrogen and oxygen atoms in total. The summed E-state index contributed by atoms with van der Waals surface area (Å²) in [7, 11) is 0. The van der Waals surface area contributed by atoms with Gasteiger partial charge < -0.3 is 15.8 Å². The van der Waals surface area contributed by atoms with Crippen LogP contribution in [0.15, 0.2) is 22.7 Å². The van der Waals surface area contributed by atoms with E-state index in [1.807, 2.05) is 25.1 Å². The highest BCUT2D eigenvalue weighted by Gasteiger charge is 2.23. The summed E-state index contributed by atoms with van der Waals surface area (Å²) in [5.74, 6) is 0.622. The van der Waals surface area contributed by atoms with E-state index < -0.39 is 6.10 Å². The van der Waals surface area contributed by atoms with Gasteiger partial charge in [0.1, 0.15) is 5.75 Å². The molecule has 1 aromatic rings. The third-order valence-corrected chi connectivity index (χ3v) is 4.50. The highest BCUT2D eigenvalue weighted by molar-refractivity contribution is 9.10. The van der Waals surface area contributed by atoms with E-state index in [2.05, 4.69) is 21.2 Å². The quantitative estimate of drug-likeness (QED) is 0.873. The van der Waals surface area contributed by atoms with Gasteiger partial charge in [0, 0.05) is 12.1 Å². The highest BCUT2D eigenvalue weighted by atomic mass is 79.9. The maximum absolute atomic E-state index is 12.2. The predicted octanol–water partition coefficient (Wildman–Crippen LogP) is 2.91. The summed E-state index contributed by atoms with van der Waals surface area (Å²) in [6.45, 7) is 3.79. The number of ether oxygens (including phenoxy) is 1. The van der Waals surface area contributed by atoms with E-state index >= 15 is 0 Å². The van der Waals surface area contributed by atoms with Gasteiger partial charge in [-0.05, 0) is 73.2 Å². The molecule has 1 fully saturated rings. The molecule has 0 radical (unpaired) electrons. The van der Waals surface area contributed by atoms with E-state index in [0.29, 0.717) is 5.75 Å². The summed E-state index contributed by atoms with van der Waals surface area (Å²) in [4.78, 5) is 12.2. The Morgan fingerprint density at radius 2 is 2.05 bits per heavy atom. The van der Waals surface area contributed by atoms with Crippen LogP contribution >= 0.6 is 15.9 Å². The minimum absolute atomic E-state index is 0.0667. The molecule has 0 spiro atoms. The summed E-state index contributed by atoms with van der Waals surface area (Å²) >= 11 is 3.46. The number of amides is 1. The van der Waals surface area contributed by atoms with Gasteiger partial charge in [0.25, 0.3) is 5.91 Å². The topological polar surface area (TPSA) is 64.3 Å². The average Bonchev–Trinajstić information content (AvgIpc) is 2.44. The van der Waals surface area contributed by atoms with Gasteiger partial charge in [0.15, 0.2) is 6.10 Å². The van der Waals surface area contributed by atoms with Crippen molar-refractivity contribution >= 4 is 21.8 Å². The zero-order valence-electron chi connectivity index (χ0n) is 12.6. The average molecular weight is 355 g/mol. The van der Waals surface area contributed by atoms with Gasteiger partial charge in [-0.2, -0.15) is 0 Å². The number of rotatable bonds is 4.